The molecule has 1 unspecified atom stereocenters. The maximum atomic E-state index is 12.1. The van der Waals surface area contributed by atoms with Crippen molar-refractivity contribution in [3.05, 3.63) is 64.7 Å². The van der Waals surface area contributed by atoms with Gasteiger partial charge in [0.25, 0.3) is 0 Å². The second kappa shape index (κ2) is 6.71. The molecule has 5 heteroatoms. The highest BCUT2D eigenvalue weighted by Gasteiger charge is 2.25. The van der Waals surface area contributed by atoms with Crippen molar-refractivity contribution in [2.75, 3.05) is 6.61 Å². The fraction of sp³-hybridized carbons (Fsp3) is 0.278. The third-order valence-electron chi connectivity index (χ3n) is 3.98. The average molecular weight is 312 g/mol. The molecule has 1 aliphatic rings. The van der Waals surface area contributed by atoms with Gasteiger partial charge in [0.05, 0.1) is 12.6 Å². The zero-order valence-corrected chi connectivity index (χ0v) is 13.0. The standard InChI is InChI=1S/C18H20N2O3/c1-12-6-7-17-15(8-12)16(11-23-17)20-18(22)19-9-13-4-2-3-5-14(13)10-21/h2-8,16,21H,9-11H2,1H3,(H2,19,20,22). The molecule has 0 aliphatic carbocycles. The van der Waals surface area contributed by atoms with E-state index in [0.717, 1.165) is 28.0 Å². The van der Waals surface area contributed by atoms with Gasteiger partial charge < -0.3 is 20.5 Å². The lowest BCUT2D eigenvalue weighted by Crippen LogP contribution is -2.38. The number of carbonyl (C=O) groups is 1. The van der Waals surface area contributed by atoms with Gasteiger partial charge in [-0.15, -0.1) is 0 Å². The maximum absolute atomic E-state index is 12.1. The van der Waals surface area contributed by atoms with Crippen molar-refractivity contribution < 1.29 is 14.6 Å². The Morgan fingerprint density at radius 2 is 2.04 bits per heavy atom. The van der Waals surface area contributed by atoms with Crippen LogP contribution in [0, 0.1) is 6.92 Å². The Labute approximate surface area is 135 Å². The summed E-state index contributed by atoms with van der Waals surface area (Å²) >= 11 is 0. The Bertz CT molecular complexity index is 715. The van der Waals surface area contributed by atoms with E-state index in [4.69, 9.17) is 4.74 Å². The zero-order valence-electron chi connectivity index (χ0n) is 13.0. The lowest BCUT2D eigenvalue weighted by atomic mass is 10.1. The third-order valence-corrected chi connectivity index (χ3v) is 3.98. The molecule has 120 valence electrons. The van der Waals surface area contributed by atoms with E-state index in [-0.39, 0.29) is 18.7 Å². The molecule has 0 bridgehead atoms. The topological polar surface area (TPSA) is 70.6 Å². The first-order chi connectivity index (χ1) is 11.2. The van der Waals surface area contributed by atoms with Crippen LogP contribution >= 0.6 is 0 Å². The first kappa shape index (κ1) is 15.4. The van der Waals surface area contributed by atoms with Crippen molar-refractivity contribution in [3.8, 4) is 5.75 Å². The van der Waals surface area contributed by atoms with Crippen LogP contribution in [-0.4, -0.2) is 17.7 Å². The molecule has 0 radical (unpaired) electrons. The number of urea groups is 1. The van der Waals surface area contributed by atoms with Crippen LogP contribution in [0.4, 0.5) is 4.79 Å². The molecule has 2 amide bonds. The number of fused-ring (bicyclic) bond motifs is 1. The Kier molecular flexibility index (Phi) is 4.48. The Hall–Kier alpha value is -2.53. The molecule has 2 aromatic rings. The number of rotatable bonds is 4. The van der Waals surface area contributed by atoms with Gasteiger partial charge in [0.2, 0.25) is 0 Å². The van der Waals surface area contributed by atoms with E-state index in [1.165, 1.54) is 0 Å². The summed E-state index contributed by atoms with van der Waals surface area (Å²) in [7, 11) is 0. The quantitative estimate of drug-likeness (QED) is 0.812. The Morgan fingerprint density at radius 3 is 2.83 bits per heavy atom. The SMILES string of the molecule is Cc1ccc2c(c1)C(NC(=O)NCc1ccccc1CO)CO2. The lowest BCUT2D eigenvalue weighted by molar-refractivity contribution is 0.231. The minimum atomic E-state index is -0.249. The summed E-state index contributed by atoms with van der Waals surface area (Å²) in [6.45, 7) is 2.79. The fourth-order valence-corrected chi connectivity index (χ4v) is 2.72. The predicted octanol–water partition coefficient (Wildman–Crippen LogP) is 2.42. The van der Waals surface area contributed by atoms with E-state index in [0.29, 0.717) is 13.2 Å². The van der Waals surface area contributed by atoms with Crippen LogP contribution in [-0.2, 0) is 13.2 Å². The Balaban J connectivity index is 1.60. The summed E-state index contributed by atoms with van der Waals surface area (Å²) in [4.78, 5) is 12.1. The van der Waals surface area contributed by atoms with Crippen molar-refractivity contribution >= 4 is 6.03 Å². The molecule has 2 aromatic carbocycles. The van der Waals surface area contributed by atoms with Crippen LogP contribution < -0.4 is 15.4 Å². The summed E-state index contributed by atoms with van der Waals surface area (Å²) in [5.41, 5.74) is 3.87. The minimum Gasteiger partial charge on any atom is -0.491 e. The van der Waals surface area contributed by atoms with Crippen LogP contribution in [0.3, 0.4) is 0 Å². The van der Waals surface area contributed by atoms with Crippen molar-refractivity contribution in [3.63, 3.8) is 0 Å². The molecule has 1 heterocycles. The number of nitrogens with one attached hydrogen (secondary N) is 2. The summed E-state index contributed by atoms with van der Waals surface area (Å²) in [6, 6.07) is 13.1. The van der Waals surface area contributed by atoms with E-state index < -0.39 is 0 Å². The highest BCUT2D eigenvalue weighted by molar-refractivity contribution is 5.74. The molecule has 1 aliphatic heterocycles. The molecule has 0 fully saturated rings. The molecule has 0 aromatic heterocycles. The highest BCUT2D eigenvalue weighted by Crippen LogP contribution is 2.32. The molecule has 1 atom stereocenters. The number of aliphatic hydroxyl groups is 1. The number of hydrogen-bond acceptors (Lipinski definition) is 3. The van der Waals surface area contributed by atoms with Crippen molar-refractivity contribution in [1.29, 1.82) is 0 Å². The molecular weight excluding hydrogens is 292 g/mol. The van der Waals surface area contributed by atoms with Crippen molar-refractivity contribution in [2.45, 2.75) is 26.1 Å². The van der Waals surface area contributed by atoms with Crippen LogP contribution in [0.5, 0.6) is 5.75 Å². The number of amides is 2. The number of benzene rings is 2. The average Bonchev–Trinajstić information content (AvgIpc) is 2.95. The second-order valence-electron chi connectivity index (χ2n) is 5.66. The second-order valence-corrected chi connectivity index (χ2v) is 5.66. The van der Waals surface area contributed by atoms with Crippen molar-refractivity contribution in [2.24, 2.45) is 0 Å². The van der Waals surface area contributed by atoms with E-state index in [2.05, 4.69) is 10.6 Å². The number of hydrogen-bond donors (Lipinski definition) is 3. The van der Waals surface area contributed by atoms with Gasteiger partial charge in [-0.2, -0.15) is 0 Å². The van der Waals surface area contributed by atoms with E-state index >= 15 is 0 Å². The third kappa shape index (κ3) is 3.46. The van der Waals surface area contributed by atoms with Crippen LogP contribution in [0.2, 0.25) is 0 Å². The van der Waals surface area contributed by atoms with E-state index in [9.17, 15) is 9.90 Å². The summed E-state index contributed by atoms with van der Waals surface area (Å²) in [5.74, 6) is 0.825. The summed E-state index contributed by atoms with van der Waals surface area (Å²) < 4.78 is 5.59. The number of carbonyl (C=O) groups excluding carboxylic acids is 1. The number of aryl methyl sites for hydroxylation is 1. The molecule has 0 spiro atoms. The van der Waals surface area contributed by atoms with Crippen LogP contribution in [0.25, 0.3) is 0 Å². The van der Waals surface area contributed by atoms with Gasteiger partial charge in [-0.25, -0.2) is 4.79 Å². The first-order valence-corrected chi connectivity index (χ1v) is 7.62. The van der Waals surface area contributed by atoms with E-state index in [1.807, 2.05) is 49.4 Å². The van der Waals surface area contributed by atoms with Gasteiger partial charge in [0, 0.05) is 12.1 Å². The van der Waals surface area contributed by atoms with Gasteiger partial charge in [0.15, 0.2) is 0 Å². The monoisotopic (exact) mass is 312 g/mol. The number of ether oxygens (including phenoxy) is 1. The van der Waals surface area contributed by atoms with Crippen LogP contribution in [0.15, 0.2) is 42.5 Å². The van der Waals surface area contributed by atoms with Gasteiger partial charge in [-0.3, -0.25) is 0 Å². The summed E-state index contributed by atoms with van der Waals surface area (Å²) in [6.07, 6.45) is 0. The molecule has 3 rings (SSSR count). The normalized spacial score (nSPS) is 15.7. The molecule has 5 nitrogen and oxygen atoms in total. The Morgan fingerprint density at radius 1 is 1.26 bits per heavy atom. The van der Waals surface area contributed by atoms with Gasteiger partial charge in [0.1, 0.15) is 12.4 Å². The van der Waals surface area contributed by atoms with Gasteiger partial charge in [-0.1, -0.05) is 42.0 Å². The summed E-state index contributed by atoms with van der Waals surface area (Å²) in [5, 5.41) is 15.1. The number of aliphatic hydroxyl groups excluding tert-OH is 1. The smallest absolute Gasteiger partial charge is 0.315 e. The van der Waals surface area contributed by atoms with Crippen LogP contribution in [0.1, 0.15) is 28.3 Å². The largest absolute Gasteiger partial charge is 0.491 e. The lowest BCUT2D eigenvalue weighted by Gasteiger charge is -2.14. The maximum Gasteiger partial charge on any atom is 0.315 e. The predicted molar refractivity (Wildman–Crippen MR) is 87.2 cm³/mol. The van der Waals surface area contributed by atoms with Gasteiger partial charge in [-0.05, 0) is 24.1 Å². The van der Waals surface area contributed by atoms with Crippen molar-refractivity contribution in [1.82, 2.24) is 10.6 Å². The minimum absolute atomic E-state index is 0.0391. The molecule has 0 saturated heterocycles. The van der Waals surface area contributed by atoms with Gasteiger partial charge >= 0.3 is 6.03 Å². The molecule has 3 N–H and O–H groups in total. The first-order valence-electron chi connectivity index (χ1n) is 7.62. The molecule has 23 heavy (non-hydrogen) atoms. The zero-order chi connectivity index (χ0) is 16.2. The highest BCUT2D eigenvalue weighted by atomic mass is 16.5. The molecular formula is C18H20N2O3. The fourth-order valence-electron chi connectivity index (χ4n) is 2.72. The molecule has 0 saturated carbocycles. The van der Waals surface area contributed by atoms with E-state index in [1.54, 1.807) is 0 Å².